The lowest BCUT2D eigenvalue weighted by atomic mass is 10.1. The van der Waals surface area contributed by atoms with Crippen LogP contribution >= 0.6 is 11.8 Å². The number of hydrogen-bond acceptors (Lipinski definition) is 6. The molecule has 4 rings (SSSR count). The van der Waals surface area contributed by atoms with E-state index in [1.165, 1.54) is 22.7 Å². The number of nitrogens with one attached hydrogen (secondary N) is 1. The zero-order valence-corrected chi connectivity index (χ0v) is 18.3. The van der Waals surface area contributed by atoms with Crippen LogP contribution in [0.5, 0.6) is 0 Å². The predicted octanol–water partition coefficient (Wildman–Crippen LogP) is 3.16. The average molecular weight is 448 g/mol. The van der Waals surface area contributed by atoms with Gasteiger partial charge in [0.05, 0.1) is 23.2 Å². The molecule has 158 valence electrons. The van der Waals surface area contributed by atoms with E-state index in [0.29, 0.717) is 10.9 Å². The van der Waals surface area contributed by atoms with Gasteiger partial charge in [-0.25, -0.2) is 12.8 Å². The third kappa shape index (κ3) is 4.52. The van der Waals surface area contributed by atoms with Gasteiger partial charge in [0.25, 0.3) is 0 Å². The van der Waals surface area contributed by atoms with Gasteiger partial charge in [-0.3, -0.25) is 9.79 Å². The first-order valence-corrected chi connectivity index (χ1v) is 12.3. The third-order valence-corrected chi connectivity index (χ3v) is 8.23. The molecule has 2 atom stereocenters. The summed E-state index contributed by atoms with van der Waals surface area (Å²) in [6.45, 7) is 3.77. The number of carbonyl (C=O) groups is 1. The Labute approximate surface area is 179 Å². The van der Waals surface area contributed by atoms with Crippen LogP contribution in [0.15, 0.2) is 47.5 Å². The van der Waals surface area contributed by atoms with Crippen molar-refractivity contribution in [3.05, 3.63) is 59.4 Å². The van der Waals surface area contributed by atoms with Gasteiger partial charge >= 0.3 is 0 Å². The molecule has 1 N–H and O–H groups in total. The second-order valence-corrected chi connectivity index (χ2v) is 11.0. The minimum absolute atomic E-state index is 0.00591. The summed E-state index contributed by atoms with van der Waals surface area (Å²) in [5.41, 5.74) is 2.97. The van der Waals surface area contributed by atoms with Gasteiger partial charge in [0.2, 0.25) is 5.91 Å². The summed E-state index contributed by atoms with van der Waals surface area (Å²) in [6.07, 6.45) is 0. The van der Waals surface area contributed by atoms with Crippen LogP contribution in [-0.2, 0) is 14.6 Å². The van der Waals surface area contributed by atoms with Crippen LogP contribution in [0, 0.1) is 19.7 Å². The second kappa shape index (κ2) is 8.03. The summed E-state index contributed by atoms with van der Waals surface area (Å²) < 4.78 is 38.3. The molecule has 2 aromatic rings. The minimum Gasteiger partial charge on any atom is -0.325 e. The van der Waals surface area contributed by atoms with Crippen molar-refractivity contribution in [3.8, 4) is 0 Å². The Hall–Kier alpha value is -2.39. The Balaban J connectivity index is 1.59. The number of aliphatic imine (C=N–C) groups is 1. The highest BCUT2D eigenvalue weighted by Crippen LogP contribution is 2.37. The SMILES string of the molecule is Cc1cc(C)cc(NC(=O)CN(C2=NC3CS(=O)(=O)CC3S2)c2ccccc2F)c1. The Bertz CT molecular complexity index is 1110. The summed E-state index contributed by atoms with van der Waals surface area (Å²) in [6, 6.07) is 11.6. The van der Waals surface area contributed by atoms with Gasteiger partial charge in [-0.15, -0.1) is 0 Å². The van der Waals surface area contributed by atoms with E-state index in [1.807, 2.05) is 32.0 Å². The monoisotopic (exact) mass is 447 g/mol. The summed E-state index contributed by atoms with van der Waals surface area (Å²) >= 11 is 1.30. The molecule has 0 bridgehead atoms. The Morgan fingerprint density at radius 3 is 2.57 bits per heavy atom. The summed E-state index contributed by atoms with van der Waals surface area (Å²) in [5, 5.41) is 3.15. The van der Waals surface area contributed by atoms with Crippen molar-refractivity contribution in [3.63, 3.8) is 0 Å². The highest BCUT2D eigenvalue weighted by molar-refractivity contribution is 8.15. The van der Waals surface area contributed by atoms with E-state index >= 15 is 0 Å². The molecule has 1 fully saturated rings. The molecule has 2 aromatic carbocycles. The summed E-state index contributed by atoms with van der Waals surface area (Å²) in [4.78, 5) is 18.9. The number of para-hydroxylation sites is 1. The molecule has 0 saturated carbocycles. The molecule has 0 spiro atoms. The van der Waals surface area contributed by atoms with E-state index in [4.69, 9.17) is 0 Å². The first-order chi connectivity index (χ1) is 14.2. The van der Waals surface area contributed by atoms with Crippen molar-refractivity contribution in [1.29, 1.82) is 0 Å². The number of hydrogen-bond donors (Lipinski definition) is 1. The number of fused-ring (bicyclic) bond motifs is 1. The molecule has 0 radical (unpaired) electrons. The molecule has 1 saturated heterocycles. The average Bonchev–Trinajstić information content (AvgIpc) is 3.13. The number of carbonyl (C=O) groups excluding carboxylic acids is 1. The van der Waals surface area contributed by atoms with Crippen molar-refractivity contribution in [1.82, 2.24) is 0 Å². The molecule has 2 aliphatic rings. The number of amidine groups is 1. The molecule has 1 amide bonds. The number of thioether (sulfide) groups is 1. The number of sulfone groups is 1. The summed E-state index contributed by atoms with van der Waals surface area (Å²) in [7, 11) is -3.10. The molecule has 2 aliphatic heterocycles. The van der Waals surface area contributed by atoms with Crippen molar-refractivity contribution in [2.75, 3.05) is 28.3 Å². The fourth-order valence-electron chi connectivity index (χ4n) is 3.79. The predicted molar refractivity (Wildman–Crippen MR) is 120 cm³/mol. The van der Waals surface area contributed by atoms with Crippen LogP contribution in [0.1, 0.15) is 11.1 Å². The maximum Gasteiger partial charge on any atom is 0.244 e. The smallest absolute Gasteiger partial charge is 0.244 e. The van der Waals surface area contributed by atoms with E-state index in [2.05, 4.69) is 10.3 Å². The molecule has 9 heteroatoms. The maximum atomic E-state index is 14.6. The lowest BCUT2D eigenvalue weighted by Gasteiger charge is -2.24. The van der Waals surface area contributed by atoms with Gasteiger partial charge in [0.15, 0.2) is 15.0 Å². The molecule has 2 heterocycles. The number of nitrogens with zero attached hydrogens (tertiary/aromatic N) is 2. The molecular weight excluding hydrogens is 425 g/mol. The van der Waals surface area contributed by atoms with Crippen LogP contribution in [0.2, 0.25) is 0 Å². The van der Waals surface area contributed by atoms with Gasteiger partial charge in [0.1, 0.15) is 12.4 Å². The van der Waals surface area contributed by atoms with Crippen LogP contribution in [0.3, 0.4) is 0 Å². The van der Waals surface area contributed by atoms with Crippen molar-refractivity contribution >= 4 is 44.0 Å². The van der Waals surface area contributed by atoms with Crippen LogP contribution in [0.4, 0.5) is 15.8 Å². The number of halogens is 1. The summed E-state index contributed by atoms with van der Waals surface area (Å²) in [5.74, 6) is -0.732. The highest BCUT2D eigenvalue weighted by Gasteiger charge is 2.44. The number of anilines is 2. The molecule has 2 unspecified atom stereocenters. The van der Waals surface area contributed by atoms with Crippen molar-refractivity contribution in [2.45, 2.75) is 25.1 Å². The van der Waals surface area contributed by atoms with Gasteiger partial charge in [-0.05, 0) is 49.2 Å². The number of benzene rings is 2. The Kier molecular flexibility index (Phi) is 5.59. The quantitative estimate of drug-likeness (QED) is 0.779. The van der Waals surface area contributed by atoms with E-state index in [-0.39, 0.29) is 40.9 Å². The van der Waals surface area contributed by atoms with E-state index < -0.39 is 15.7 Å². The molecule has 0 aromatic heterocycles. The van der Waals surface area contributed by atoms with E-state index in [1.54, 1.807) is 18.2 Å². The van der Waals surface area contributed by atoms with E-state index in [0.717, 1.165) is 11.1 Å². The van der Waals surface area contributed by atoms with Crippen LogP contribution in [0.25, 0.3) is 0 Å². The first kappa shape index (κ1) is 20.9. The standard InChI is InChI=1S/C21H22FN3O3S2/c1-13-7-14(2)9-15(8-13)23-20(26)10-25(18-6-4-3-5-16(18)22)21-24-17-11-30(27,28)12-19(17)29-21/h3-9,17,19H,10-12H2,1-2H3,(H,23,26). The Morgan fingerprint density at radius 1 is 1.20 bits per heavy atom. The van der Waals surface area contributed by atoms with Crippen LogP contribution in [-0.4, -0.2) is 48.8 Å². The lowest BCUT2D eigenvalue weighted by Crippen LogP contribution is -2.37. The molecular formula is C21H22FN3O3S2. The maximum absolute atomic E-state index is 14.6. The highest BCUT2D eigenvalue weighted by atomic mass is 32.2. The molecule has 30 heavy (non-hydrogen) atoms. The first-order valence-electron chi connectivity index (χ1n) is 9.55. The van der Waals surface area contributed by atoms with Crippen molar-refractivity contribution < 1.29 is 17.6 Å². The van der Waals surface area contributed by atoms with Crippen molar-refractivity contribution in [2.24, 2.45) is 4.99 Å². The van der Waals surface area contributed by atoms with Gasteiger partial charge in [-0.1, -0.05) is 30.0 Å². The van der Waals surface area contributed by atoms with Gasteiger partial charge in [0, 0.05) is 10.9 Å². The van der Waals surface area contributed by atoms with E-state index in [9.17, 15) is 17.6 Å². The van der Waals surface area contributed by atoms with Gasteiger partial charge < -0.3 is 10.2 Å². The molecule has 6 nitrogen and oxygen atoms in total. The van der Waals surface area contributed by atoms with Crippen LogP contribution < -0.4 is 10.2 Å². The normalized spacial score (nSPS) is 21.8. The number of rotatable bonds is 4. The zero-order valence-electron chi connectivity index (χ0n) is 16.6. The Morgan fingerprint density at radius 2 is 1.90 bits per heavy atom. The van der Waals surface area contributed by atoms with Gasteiger partial charge in [-0.2, -0.15) is 0 Å². The number of amides is 1. The topological polar surface area (TPSA) is 78.8 Å². The lowest BCUT2D eigenvalue weighted by molar-refractivity contribution is -0.114. The second-order valence-electron chi connectivity index (χ2n) is 7.67. The minimum atomic E-state index is -3.10. The number of aryl methyl sites for hydroxylation is 2. The largest absolute Gasteiger partial charge is 0.325 e. The zero-order chi connectivity index (χ0) is 21.5. The molecule has 0 aliphatic carbocycles. The fourth-order valence-corrected chi connectivity index (χ4v) is 7.56. The third-order valence-electron chi connectivity index (χ3n) is 4.99. The fraction of sp³-hybridized carbons (Fsp3) is 0.333.